The summed E-state index contributed by atoms with van der Waals surface area (Å²) in [5.74, 6) is -0.349. The number of aliphatic carboxylic acids is 1. The van der Waals surface area contributed by atoms with Gasteiger partial charge in [0.15, 0.2) is 0 Å². The number of hydrogen-bond acceptors (Lipinski definition) is 5. The Kier molecular flexibility index (Phi) is 3.91. The summed E-state index contributed by atoms with van der Waals surface area (Å²) in [7, 11) is 0. The molecule has 0 saturated heterocycles. The van der Waals surface area contributed by atoms with E-state index in [1.54, 1.807) is 0 Å². The maximum atomic E-state index is 10.3. The second kappa shape index (κ2) is 5.62. The molecule has 0 aliphatic heterocycles. The number of rotatable bonds is 5. The van der Waals surface area contributed by atoms with Crippen LogP contribution in [0.15, 0.2) is 22.6 Å². The van der Waals surface area contributed by atoms with Crippen molar-refractivity contribution in [2.75, 3.05) is 6.61 Å². The molecule has 0 saturated carbocycles. The Bertz CT molecular complexity index is 572. The molecule has 1 N–H and O–H groups in total. The van der Waals surface area contributed by atoms with Crippen LogP contribution < -0.4 is 0 Å². The normalized spacial score (nSPS) is 10.6. The maximum Gasteiger partial charge on any atom is 0.329 e. The highest BCUT2D eigenvalue weighted by Crippen LogP contribution is 2.25. The Morgan fingerprint density at radius 2 is 2.00 bits per heavy atom. The standard InChI is InChI=1S/C13H14N2O4/c1-8-4-3-5-9(2)12(8)13-15-14-10(19-13)6-18-7-11(16)17/h3-5H,6-7H2,1-2H3,(H,16,17). The molecule has 0 bridgehead atoms. The predicted molar refractivity (Wildman–Crippen MR) is 66.5 cm³/mol. The number of carboxylic acid groups (broad SMARTS) is 1. The van der Waals surface area contributed by atoms with Crippen molar-refractivity contribution in [1.29, 1.82) is 0 Å². The minimum Gasteiger partial charge on any atom is -0.480 e. The molecular formula is C13H14N2O4. The molecule has 1 aromatic heterocycles. The van der Waals surface area contributed by atoms with Crippen molar-refractivity contribution in [3.8, 4) is 11.5 Å². The highest BCUT2D eigenvalue weighted by Gasteiger charge is 2.13. The fourth-order valence-electron chi connectivity index (χ4n) is 1.79. The maximum absolute atomic E-state index is 10.3. The fraction of sp³-hybridized carbons (Fsp3) is 0.308. The van der Waals surface area contributed by atoms with E-state index >= 15 is 0 Å². The number of benzene rings is 1. The molecule has 2 aromatic rings. The van der Waals surface area contributed by atoms with Gasteiger partial charge in [-0.05, 0) is 25.0 Å². The highest BCUT2D eigenvalue weighted by atomic mass is 16.5. The van der Waals surface area contributed by atoms with Crippen molar-refractivity contribution in [3.63, 3.8) is 0 Å². The van der Waals surface area contributed by atoms with Gasteiger partial charge in [0.2, 0.25) is 11.8 Å². The van der Waals surface area contributed by atoms with Crippen LogP contribution in [0, 0.1) is 13.8 Å². The predicted octanol–water partition coefficient (Wildman–Crippen LogP) is 1.95. The molecule has 1 heterocycles. The zero-order valence-corrected chi connectivity index (χ0v) is 10.7. The minimum absolute atomic E-state index is 0.00969. The van der Waals surface area contributed by atoms with E-state index in [0.717, 1.165) is 16.7 Å². The summed E-state index contributed by atoms with van der Waals surface area (Å²) in [6, 6.07) is 5.89. The molecule has 6 nitrogen and oxygen atoms in total. The molecule has 0 atom stereocenters. The van der Waals surface area contributed by atoms with Gasteiger partial charge in [-0.25, -0.2) is 4.79 Å². The van der Waals surface area contributed by atoms with Crippen molar-refractivity contribution >= 4 is 5.97 Å². The van der Waals surface area contributed by atoms with Gasteiger partial charge in [0.05, 0.1) is 0 Å². The van der Waals surface area contributed by atoms with Gasteiger partial charge in [0.25, 0.3) is 0 Å². The zero-order valence-electron chi connectivity index (χ0n) is 10.7. The molecule has 0 spiro atoms. The number of aryl methyl sites for hydroxylation is 2. The molecule has 0 aliphatic rings. The SMILES string of the molecule is Cc1cccc(C)c1-c1nnc(COCC(=O)O)o1. The Hall–Kier alpha value is -2.21. The van der Waals surface area contributed by atoms with Crippen LogP contribution in [0.1, 0.15) is 17.0 Å². The smallest absolute Gasteiger partial charge is 0.329 e. The van der Waals surface area contributed by atoms with E-state index in [1.807, 2.05) is 32.0 Å². The minimum atomic E-state index is -1.03. The average Bonchev–Trinajstić information content (AvgIpc) is 2.77. The third-order valence-corrected chi connectivity index (χ3v) is 2.61. The second-order valence-electron chi connectivity index (χ2n) is 4.15. The molecule has 100 valence electrons. The summed E-state index contributed by atoms with van der Waals surface area (Å²) in [6.45, 7) is 3.53. The molecule has 0 unspecified atom stereocenters. The summed E-state index contributed by atoms with van der Waals surface area (Å²) in [4.78, 5) is 10.3. The molecular weight excluding hydrogens is 248 g/mol. The van der Waals surface area contributed by atoms with Gasteiger partial charge in [-0.15, -0.1) is 10.2 Å². The van der Waals surface area contributed by atoms with E-state index in [-0.39, 0.29) is 19.1 Å². The highest BCUT2D eigenvalue weighted by molar-refractivity contribution is 5.68. The van der Waals surface area contributed by atoms with Crippen LogP contribution >= 0.6 is 0 Å². The molecule has 6 heteroatoms. The average molecular weight is 262 g/mol. The molecule has 0 radical (unpaired) electrons. The van der Waals surface area contributed by atoms with Crippen molar-refractivity contribution in [2.45, 2.75) is 20.5 Å². The first-order valence-corrected chi connectivity index (χ1v) is 5.76. The van der Waals surface area contributed by atoms with Gasteiger partial charge in [0.1, 0.15) is 13.2 Å². The Morgan fingerprint density at radius 3 is 2.63 bits per heavy atom. The summed E-state index contributed by atoms with van der Waals surface area (Å²) in [6.07, 6.45) is 0. The van der Waals surface area contributed by atoms with E-state index in [2.05, 4.69) is 10.2 Å². The van der Waals surface area contributed by atoms with Gasteiger partial charge in [0, 0.05) is 5.56 Å². The lowest BCUT2D eigenvalue weighted by Crippen LogP contribution is -2.06. The monoisotopic (exact) mass is 262 g/mol. The van der Waals surface area contributed by atoms with Gasteiger partial charge in [-0.1, -0.05) is 18.2 Å². The van der Waals surface area contributed by atoms with E-state index in [4.69, 9.17) is 14.3 Å². The van der Waals surface area contributed by atoms with Crippen molar-refractivity contribution in [2.24, 2.45) is 0 Å². The first-order valence-electron chi connectivity index (χ1n) is 5.76. The number of aromatic nitrogens is 2. The largest absolute Gasteiger partial charge is 0.480 e. The third-order valence-electron chi connectivity index (χ3n) is 2.61. The lowest BCUT2D eigenvalue weighted by Gasteiger charge is -2.04. The van der Waals surface area contributed by atoms with Gasteiger partial charge < -0.3 is 14.3 Å². The van der Waals surface area contributed by atoms with Crippen molar-refractivity contribution in [3.05, 3.63) is 35.2 Å². The number of ether oxygens (including phenoxy) is 1. The molecule has 0 fully saturated rings. The van der Waals surface area contributed by atoms with E-state index in [1.165, 1.54) is 0 Å². The summed E-state index contributed by atoms with van der Waals surface area (Å²) in [5.41, 5.74) is 2.99. The lowest BCUT2D eigenvalue weighted by atomic mass is 10.0. The summed E-state index contributed by atoms with van der Waals surface area (Å²) in [5, 5.41) is 16.3. The molecule has 19 heavy (non-hydrogen) atoms. The number of nitrogens with zero attached hydrogens (tertiary/aromatic N) is 2. The Labute approximate surface area is 110 Å². The molecule has 0 amide bonds. The van der Waals surface area contributed by atoms with Crippen molar-refractivity contribution in [1.82, 2.24) is 10.2 Å². The molecule has 2 rings (SSSR count). The fourth-order valence-corrected chi connectivity index (χ4v) is 1.79. The first-order chi connectivity index (χ1) is 9.08. The second-order valence-corrected chi connectivity index (χ2v) is 4.15. The van der Waals surface area contributed by atoms with Crippen LogP contribution in [-0.2, 0) is 16.1 Å². The summed E-state index contributed by atoms with van der Waals surface area (Å²) < 4.78 is 10.4. The third kappa shape index (κ3) is 3.17. The summed E-state index contributed by atoms with van der Waals surface area (Å²) >= 11 is 0. The Morgan fingerprint density at radius 1 is 1.32 bits per heavy atom. The van der Waals surface area contributed by atoms with Crippen LogP contribution in [0.4, 0.5) is 0 Å². The first kappa shape index (κ1) is 13.2. The van der Waals surface area contributed by atoms with E-state index in [0.29, 0.717) is 5.89 Å². The quantitative estimate of drug-likeness (QED) is 0.886. The van der Waals surface area contributed by atoms with Crippen LogP contribution in [0.2, 0.25) is 0 Å². The number of carbonyl (C=O) groups is 1. The van der Waals surface area contributed by atoms with E-state index in [9.17, 15) is 4.79 Å². The van der Waals surface area contributed by atoms with Crippen LogP contribution in [0.5, 0.6) is 0 Å². The number of hydrogen-bond donors (Lipinski definition) is 1. The van der Waals surface area contributed by atoms with Crippen molar-refractivity contribution < 1.29 is 19.1 Å². The van der Waals surface area contributed by atoms with Crippen LogP contribution in [-0.4, -0.2) is 27.9 Å². The topological polar surface area (TPSA) is 85.5 Å². The zero-order chi connectivity index (χ0) is 13.8. The van der Waals surface area contributed by atoms with Gasteiger partial charge >= 0.3 is 5.97 Å². The molecule has 0 aliphatic carbocycles. The Balaban J connectivity index is 2.15. The van der Waals surface area contributed by atoms with Gasteiger partial charge in [-0.2, -0.15) is 0 Å². The lowest BCUT2D eigenvalue weighted by molar-refractivity contribution is -0.142. The van der Waals surface area contributed by atoms with Gasteiger partial charge in [-0.3, -0.25) is 0 Å². The molecule has 1 aromatic carbocycles. The van der Waals surface area contributed by atoms with E-state index < -0.39 is 5.97 Å². The van der Waals surface area contributed by atoms with Crippen LogP contribution in [0.25, 0.3) is 11.5 Å². The van der Waals surface area contributed by atoms with Crippen LogP contribution in [0.3, 0.4) is 0 Å². The number of carboxylic acids is 1.